The third kappa shape index (κ3) is 3.70. The summed E-state index contributed by atoms with van der Waals surface area (Å²) in [6.45, 7) is 3.85. The Bertz CT molecular complexity index is 165. The molecule has 0 atom stereocenters. The van der Waals surface area contributed by atoms with Crippen LogP contribution < -0.4 is 0 Å². The van der Waals surface area contributed by atoms with Crippen molar-refractivity contribution in [1.82, 2.24) is 4.90 Å². The van der Waals surface area contributed by atoms with E-state index in [1.807, 2.05) is 0 Å². The molecular weight excluding hydrogens is 198 g/mol. The SMILES string of the molecule is COC1(OC)CN(CCCOCCO)C1. The van der Waals surface area contributed by atoms with Gasteiger partial charge in [-0.2, -0.15) is 0 Å². The summed E-state index contributed by atoms with van der Waals surface area (Å²) in [4.78, 5) is 2.26. The summed E-state index contributed by atoms with van der Waals surface area (Å²) in [6.07, 6.45) is 0.976. The molecule has 0 aromatic carbocycles. The average Bonchev–Trinajstić information content (AvgIpc) is 2.21. The predicted molar refractivity (Wildman–Crippen MR) is 55.7 cm³/mol. The molecule has 1 heterocycles. The second kappa shape index (κ2) is 6.40. The van der Waals surface area contributed by atoms with E-state index in [0.29, 0.717) is 13.2 Å². The van der Waals surface area contributed by atoms with Crippen molar-refractivity contribution in [3.63, 3.8) is 0 Å². The molecule has 5 heteroatoms. The number of hydrogen-bond donors (Lipinski definition) is 1. The highest BCUT2D eigenvalue weighted by Crippen LogP contribution is 2.24. The second-order valence-electron chi connectivity index (χ2n) is 3.72. The highest BCUT2D eigenvalue weighted by Gasteiger charge is 2.43. The van der Waals surface area contributed by atoms with Gasteiger partial charge in [-0.15, -0.1) is 0 Å². The van der Waals surface area contributed by atoms with Crippen LogP contribution in [-0.4, -0.2) is 69.5 Å². The maximum atomic E-state index is 8.50. The summed E-state index contributed by atoms with van der Waals surface area (Å²) in [6, 6.07) is 0. The summed E-state index contributed by atoms with van der Waals surface area (Å²) in [5.41, 5.74) is 0. The molecule has 0 bridgehead atoms. The maximum Gasteiger partial charge on any atom is 0.193 e. The summed E-state index contributed by atoms with van der Waals surface area (Å²) in [5.74, 6) is -0.383. The molecule has 0 radical (unpaired) electrons. The van der Waals surface area contributed by atoms with Crippen LogP contribution in [0, 0.1) is 0 Å². The minimum Gasteiger partial charge on any atom is -0.394 e. The molecule has 15 heavy (non-hydrogen) atoms. The Kier molecular flexibility index (Phi) is 5.49. The highest BCUT2D eigenvalue weighted by atomic mass is 16.7. The van der Waals surface area contributed by atoms with E-state index in [1.54, 1.807) is 14.2 Å². The van der Waals surface area contributed by atoms with Crippen LogP contribution >= 0.6 is 0 Å². The second-order valence-corrected chi connectivity index (χ2v) is 3.72. The Hall–Kier alpha value is -0.200. The minimum absolute atomic E-state index is 0.0974. The number of likely N-dealkylation sites (tertiary alicyclic amines) is 1. The molecule has 1 saturated heterocycles. The number of hydrogen-bond acceptors (Lipinski definition) is 5. The first-order valence-electron chi connectivity index (χ1n) is 5.27. The topological polar surface area (TPSA) is 51.2 Å². The van der Waals surface area contributed by atoms with Crippen LogP contribution in [0.1, 0.15) is 6.42 Å². The molecule has 1 fully saturated rings. The lowest BCUT2D eigenvalue weighted by Crippen LogP contribution is -2.63. The fourth-order valence-electron chi connectivity index (χ4n) is 1.69. The quantitative estimate of drug-likeness (QED) is 0.448. The van der Waals surface area contributed by atoms with Crippen LogP contribution in [0.25, 0.3) is 0 Å². The van der Waals surface area contributed by atoms with E-state index in [2.05, 4.69) is 4.90 Å². The van der Waals surface area contributed by atoms with Crippen LogP contribution in [0.15, 0.2) is 0 Å². The molecule has 1 rings (SSSR count). The lowest BCUT2D eigenvalue weighted by Gasteiger charge is -2.47. The van der Waals surface area contributed by atoms with E-state index < -0.39 is 0 Å². The van der Waals surface area contributed by atoms with Gasteiger partial charge in [-0.05, 0) is 6.42 Å². The van der Waals surface area contributed by atoms with Gasteiger partial charge in [0.2, 0.25) is 0 Å². The maximum absolute atomic E-state index is 8.50. The Morgan fingerprint density at radius 2 is 1.87 bits per heavy atom. The molecule has 0 saturated carbocycles. The normalized spacial score (nSPS) is 20.2. The molecule has 0 spiro atoms. The summed E-state index contributed by atoms with van der Waals surface area (Å²) >= 11 is 0. The smallest absolute Gasteiger partial charge is 0.193 e. The zero-order valence-corrected chi connectivity index (χ0v) is 9.57. The molecule has 0 amide bonds. The number of nitrogens with zero attached hydrogens (tertiary/aromatic N) is 1. The Morgan fingerprint density at radius 3 is 2.40 bits per heavy atom. The van der Waals surface area contributed by atoms with E-state index in [-0.39, 0.29) is 12.4 Å². The molecule has 0 unspecified atom stereocenters. The summed E-state index contributed by atoms with van der Waals surface area (Å²) < 4.78 is 15.7. The summed E-state index contributed by atoms with van der Waals surface area (Å²) in [5, 5.41) is 8.50. The number of aliphatic hydroxyl groups is 1. The first-order valence-corrected chi connectivity index (χ1v) is 5.27. The first-order chi connectivity index (χ1) is 7.26. The van der Waals surface area contributed by atoms with Crippen molar-refractivity contribution in [2.75, 3.05) is 53.7 Å². The molecule has 90 valence electrons. The highest BCUT2D eigenvalue weighted by molar-refractivity contribution is 4.88. The molecule has 1 N–H and O–H groups in total. The van der Waals surface area contributed by atoms with Crippen molar-refractivity contribution in [3.05, 3.63) is 0 Å². The van der Waals surface area contributed by atoms with E-state index in [9.17, 15) is 0 Å². The molecule has 0 aromatic rings. The molecule has 5 nitrogen and oxygen atoms in total. The summed E-state index contributed by atoms with van der Waals surface area (Å²) in [7, 11) is 3.34. The fraction of sp³-hybridized carbons (Fsp3) is 1.00. The predicted octanol–water partition coefficient (Wildman–Crippen LogP) is -0.310. The monoisotopic (exact) mass is 219 g/mol. The van der Waals surface area contributed by atoms with Gasteiger partial charge in [0.25, 0.3) is 0 Å². The van der Waals surface area contributed by atoms with Gasteiger partial charge in [0, 0.05) is 27.4 Å². The molecule has 1 aliphatic heterocycles. The third-order valence-corrected chi connectivity index (χ3v) is 2.67. The zero-order valence-electron chi connectivity index (χ0n) is 9.57. The minimum atomic E-state index is -0.383. The number of methoxy groups -OCH3 is 2. The van der Waals surface area contributed by atoms with Gasteiger partial charge in [-0.3, -0.25) is 4.90 Å². The van der Waals surface area contributed by atoms with Crippen molar-refractivity contribution in [1.29, 1.82) is 0 Å². The van der Waals surface area contributed by atoms with Crippen molar-refractivity contribution in [2.24, 2.45) is 0 Å². The molecule has 1 aliphatic rings. The van der Waals surface area contributed by atoms with E-state index >= 15 is 0 Å². The Balaban J connectivity index is 1.98. The number of rotatable bonds is 8. The van der Waals surface area contributed by atoms with E-state index in [1.165, 1.54) is 0 Å². The molecule has 0 aliphatic carbocycles. The van der Waals surface area contributed by atoms with E-state index in [0.717, 1.165) is 26.1 Å². The largest absolute Gasteiger partial charge is 0.394 e. The number of ether oxygens (including phenoxy) is 3. The van der Waals surface area contributed by atoms with Crippen LogP contribution in [0.4, 0.5) is 0 Å². The standard InChI is InChI=1S/C10H21NO4/c1-13-10(14-2)8-11(9-10)4-3-6-15-7-5-12/h12H,3-9H2,1-2H3. The van der Waals surface area contributed by atoms with Crippen molar-refractivity contribution in [2.45, 2.75) is 12.2 Å². The van der Waals surface area contributed by atoms with Crippen molar-refractivity contribution < 1.29 is 19.3 Å². The van der Waals surface area contributed by atoms with Gasteiger partial charge in [0.05, 0.1) is 26.3 Å². The Morgan fingerprint density at radius 1 is 1.20 bits per heavy atom. The fourth-order valence-corrected chi connectivity index (χ4v) is 1.69. The van der Waals surface area contributed by atoms with Gasteiger partial charge in [-0.25, -0.2) is 0 Å². The number of aliphatic hydroxyl groups excluding tert-OH is 1. The average molecular weight is 219 g/mol. The van der Waals surface area contributed by atoms with Crippen LogP contribution in [0.2, 0.25) is 0 Å². The van der Waals surface area contributed by atoms with Crippen LogP contribution in [0.5, 0.6) is 0 Å². The van der Waals surface area contributed by atoms with Gasteiger partial charge in [0.1, 0.15) is 0 Å². The Labute approximate surface area is 90.9 Å². The van der Waals surface area contributed by atoms with Gasteiger partial charge < -0.3 is 19.3 Å². The molecule has 0 aromatic heterocycles. The third-order valence-electron chi connectivity index (χ3n) is 2.67. The lowest BCUT2D eigenvalue weighted by molar-refractivity contribution is -0.275. The van der Waals surface area contributed by atoms with Gasteiger partial charge >= 0.3 is 0 Å². The van der Waals surface area contributed by atoms with Crippen molar-refractivity contribution in [3.8, 4) is 0 Å². The van der Waals surface area contributed by atoms with Crippen LogP contribution in [-0.2, 0) is 14.2 Å². The van der Waals surface area contributed by atoms with Crippen LogP contribution in [0.3, 0.4) is 0 Å². The van der Waals surface area contributed by atoms with Gasteiger partial charge in [-0.1, -0.05) is 0 Å². The zero-order chi connectivity index (χ0) is 11.1. The van der Waals surface area contributed by atoms with E-state index in [4.69, 9.17) is 19.3 Å². The first kappa shape index (κ1) is 12.9. The van der Waals surface area contributed by atoms with Gasteiger partial charge in [0.15, 0.2) is 5.79 Å². The molecular formula is C10H21NO4. The van der Waals surface area contributed by atoms with Crippen molar-refractivity contribution >= 4 is 0 Å². The lowest BCUT2D eigenvalue weighted by atomic mass is 10.1.